The van der Waals surface area contributed by atoms with E-state index in [4.69, 9.17) is 9.15 Å². The van der Waals surface area contributed by atoms with Gasteiger partial charge in [-0.15, -0.1) is 0 Å². The molecule has 1 aromatic carbocycles. The molecule has 4 rings (SSSR count). The normalized spacial score (nSPS) is 17.0. The second-order valence-corrected chi connectivity index (χ2v) is 7.03. The molecule has 1 aliphatic heterocycles. The first-order chi connectivity index (χ1) is 13.7. The standard InChI is InChI=1S/C21H24N4O3/c1-15-6-4-9-18-20(15)24-19(28-18)12-23-21(26)25-11-5-8-17(13-25)27-14-16-7-2-3-10-22-16/h2-4,6-7,9-10,17H,5,8,11-14H2,1H3,(H,23,26). The molecule has 0 spiro atoms. The number of aromatic nitrogens is 2. The summed E-state index contributed by atoms with van der Waals surface area (Å²) < 4.78 is 11.7. The number of nitrogens with zero attached hydrogens (tertiary/aromatic N) is 3. The quantitative estimate of drug-likeness (QED) is 0.734. The van der Waals surface area contributed by atoms with Crippen LogP contribution in [0.15, 0.2) is 47.0 Å². The Balaban J connectivity index is 1.29. The van der Waals surface area contributed by atoms with Crippen molar-refractivity contribution in [3.8, 4) is 0 Å². The van der Waals surface area contributed by atoms with Crippen LogP contribution in [0, 0.1) is 6.92 Å². The Morgan fingerprint density at radius 2 is 2.25 bits per heavy atom. The van der Waals surface area contributed by atoms with Crippen molar-refractivity contribution in [3.05, 3.63) is 59.7 Å². The third kappa shape index (κ3) is 4.31. The summed E-state index contributed by atoms with van der Waals surface area (Å²) in [5, 5.41) is 2.91. The number of benzene rings is 1. The van der Waals surface area contributed by atoms with Crippen molar-refractivity contribution in [2.24, 2.45) is 0 Å². The number of para-hydroxylation sites is 1. The Morgan fingerprint density at radius 3 is 3.07 bits per heavy atom. The number of carbonyl (C=O) groups is 1. The Hall–Kier alpha value is -2.93. The third-order valence-electron chi connectivity index (χ3n) is 4.91. The average Bonchev–Trinajstić information content (AvgIpc) is 3.16. The number of oxazole rings is 1. The number of nitrogens with one attached hydrogen (secondary N) is 1. The molecule has 2 amide bonds. The Labute approximate surface area is 163 Å². The summed E-state index contributed by atoms with van der Waals surface area (Å²) in [6.45, 7) is 4.02. The zero-order valence-electron chi connectivity index (χ0n) is 15.9. The summed E-state index contributed by atoms with van der Waals surface area (Å²) in [5.74, 6) is 0.512. The predicted molar refractivity (Wildman–Crippen MR) is 105 cm³/mol. The second kappa shape index (κ2) is 8.39. The van der Waals surface area contributed by atoms with Crippen LogP contribution in [0.2, 0.25) is 0 Å². The van der Waals surface area contributed by atoms with E-state index in [2.05, 4.69) is 15.3 Å². The number of piperidine rings is 1. The molecule has 3 aromatic rings. The summed E-state index contributed by atoms with van der Waals surface area (Å²) in [7, 11) is 0. The molecule has 3 heterocycles. The maximum Gasteiger partial charge on any atom is 0.317 e. The van der Waals surface area contributed by atoms with Crippen molar-refractivity contribution >= 4 is 17.1 Å². The van der Waals surface area contributed by atoms with Gasteiger partial charge < -0.3 is 19.4 Å². The van der Waals surface area contributed by atoms with Gasteiger partial charge in [-0.3, -0.25) is 4.98 Å². The molecule has 0 radical (unpaired) electrons. The Bertz CT molecular complexity index is 941. The zero-order valence-corrected chi connectivity index (χ0v) is 15.9. The molecule has 0 saturated carbocycles. The fraction of sp³-hybridized carbons (Fsp3) is 0.381. The molecule has 28 heavy (non-hydrogen) atoms. The number of likely N-dealkylation sites (tertiary alicyclic amines) is 1. The minimum Gasteiger partial charge on any atom is -0.439 e. The number of hydrogen-bond acceptors (Lipinski definition) is 5. The zero-order chi connectivity index (χ0) is 19.3. The van der Waals surface area contributed by atoms with Crippen LogP contribution in [0.4, 0.5) is 4.79 Å². The van der Waals surface area contributed by atoms with Crippen molar-refractivity contribution in [2.75, 3.05) is 13.1 Å². The number of urea groups is 1. The highest BCUT2D eigenvalue weighted by molar-refractivity contribution is 5.77. The Morgan fingerprint density at radius 1 is 1.32 bits per heavy atom. The molecule has 1 atom stereocenters. The van der Waals surface area contributed by atoms with Gasteiger partial charge in [-0.2, -0.15) is 0 Å². The van der Waals surface area contributed by atoms with Crippen LogP contribution in [0.3, 0.4) is 0 Å². The van der Waals surface area contributed by atoms with E-state index >= 15 is 0 Å². The van der Waals surface area contributed by atoms with Gasteiger partial charge in [-0.25, -0.2) is 9.78 Å². The summed E-state index contributed by atoms with van der Waals surface area (Å²) in [6, 6.07) is 11.5. The highest BCUT2D eigenvalue weighted by Crippen LogP contribution is 2.19. The van der Waals surface area contributed by atoms with E-state index in [0.717, 1.165) is 41.7 Å². The van der Waals surface area contributed by atoms with Crippen molar-refractivity contribution in [2.45, 2.75) is 39.0 Å². The smallest absolute Gasteiger partial charge is 0.317 e. The minimum atomic E-state index is -0.120. The molecule has 0 bridgehead atoms. The minimum absolute atomic E-state index is 0.0217. The summed E-state index contributed by atoms with van der Waals surface area (Å²) in [5.41, 5.74) is 3.54. The first kappa shape index (κ1) is 18.4. The molecule has 7 nitrogen and oxygen atoms in total. The average molecular weight is 380 g/mol. The largest absolute Gasteiger partial charge is 0.439 e. The molecule has 2 aromatic heterocycles. The van der Waals surface area contributed by atoms with E-state index in [0.29, 0.717) is 19.0 Å². The fourth-order valence-corrected chi connectivity index (χ4v) is 3.42. The lowest BCUT2D eigenvalue weighted by Gasteiger charge is -2.32. The second-order valence-electron chi connectivity index (χ2n) is 7.03. The molecule has 1 saturated heterocycles. The van der Waals surface area contributed by atoms with E-state index in [1.165, 1.54) is 0 Å². The van der Waals surface area contributed by atoms with Crippen LogP contribution in [0.1, 0.15) is 30.0 Å². The number of hydrogen-bond donors (Lipinski definition) is 1. The van der Waals surface area contributed by atoms with E-state index in [9.17, 15) is 4.79 Å². The van der Waals surface area contributed by atoms with Crippen LogP contribution >= 0.6 is 0 Å². The highest BCUT2D eigenvalue weighted by atomic mass is 16.5. The summed E-state index contributed by atoms with van der Waals surface area (Å²) in [6.07, 6.45) is 3.64. The van der Waals surface area contributed by atoms with Crippen LogP contribution in [0.5, 0.6) is 0 Å². The summed E-state index contributed by atoms with van der Waals surface area (Å²) in [4.78, 5) is 23.1. The van der Waals surface area contributed by atoms with Gasteiger partial charge in [0.25, 0.3) is 0 Å². The lowest BCUT2D eigenvalue weighted by molar-refractivity contribution is -0.00172. The predicted octanol–water partition coefficient (Wildman–Crippen LogP) is 3.42. The first-order valence-electron chi connectivity index (χ1n) is 9.58. The van der Waals surface area contributed by atoms with Gasteiger partial charge >= 0.3 is 6.03 Å². The van der Waals surface area contributed by atoms with E-state index in [1.54, 1.807) is 11.1 Å². The first-order valence-corrected chi connectivity index (χ1v) is 9.58. The molecule has 1 unspecified atom stereocenters. The third-order valence-corrected chi connectivity index (χ3v) is 4.91. The van der Waals surface area contributed by atoms with Crippen molar-refractivity contribution in [1.82, 2.24) is 20.2 Å². The maximum absolute atomic E-state index is 12.6. The molecular weight excluding hydrogens is 356 g/mol. The van der Waals surface area contributed by atoms with Gasteiger partial charge in [0.15, 0.2) is 5.58 Å². The van der Waals surface area contributed by atoms with Crippen LogP contribution in [0.25, 0.3) is 11.1 Å². The van der Waals surface area contributed by atoms with Crippen LogP contribution in [-0.2, 0) is 17.9 Å². The highest BCUT2D eigenvalue weighted by Gasteiger charge is 2.24. The number of fused-ring (bicyclic) bond motifs is 1. The van der Waals surface area contributed by atoms with Crippen LogP contribution < -0.4 is 5.32 Å². The van der Waals surface area contributed by atoms with Crippen molar-refractivity contribution in [1.29, 1.82) is 0 Å². The molecule has 7 heteroatoms. The maximum atomic E-state index is 12.6. The van der Waals surface area contributed by atoms with Crippen LogP contribution in [-0.4, -0.2) is 40.1 Å². The number of amides is 2. The molecule has 1 fully saturated rings. The van der Waals surface area contributed by atoms with Gasteiger partial charge in [0.05, 0.1) is 24.9 Å². The van der Waals surface area contributed by atoms with Crippen molar-refractivity contribution in [3.63, 3.8) is 0 Å². The Kier molecular flexibility index (Phi) is 5.53. The number of aryl methyl sites for hydroxylation is 1. The van der Waals surface area contributed by atoms with Gasteiger partial charge in [0.2, 0.25) is 5.89 Å². The lowest BCUT2D eigenvalue weighted by atomic mass is 10.1. The monoisotopic (exact) mass is 380 g/mol. The van der Waals surface area contributed by atoms with Gasteiger partial charge in [0.1, 0.15) is 5.52 Å². The molecular formula is C21H24N4O3. The van der Waals surface area contributed by atoms with Crippen molar-refractivity contribution < 1.29 is 13.9 Å². The lowest BCUT2D eigenvalue weighted by Crippen LogP contribution is -2.47. The van der Waals surface area contributed by atoms with E-state index < -0.39 is 0 Å². The molecule has 146 valence electrons. The number of carbonyl (C=O) groups excluding carboxylic acids is 1. The van der Waals surface area contributed by atoms with E-state index in [1.807, 2.05) is 43.3 Å². The van der Waals surface area contributed by atoms with E-state index in [-0.39, 0.29) is 18.7 Å². The number of pyridine rings is 1. The SMILES string of the molecule is Cc1cccc2oc(CNC(=O)N3CCCC(OCc4ccccn4)C3)nc12. The molecule has 1 N–H and O–H groups in total. The topological polar surface area (TPSA) is 80.5 Å². The summed E-state index contributed by atoms with van der Waals surface area (Å²) >= 11 is 0. The van der Waals surface area contributed by atoms with Gasteiger partial charge in [-0.05, 0) is 43.5 Å². The van der Waals surface area contributed by atoms with Gasteiger partial charge in [0, 0.05) is 19.3 Å². The fourth-order valence-electron chi connectivity index (χ4n) is 3.42. The number of rotatable bonds is 5. The number of ether oxygens (including phenoxy) is 1. The molecule has 0 aliphatic carbocycles. The molecule has 1 aliphatic rings. The van der Waals surface area contributed by atoms with Gasteiger partial charge in [-0.1, -0.05) is 18.2 Å².